The van der Waals surface area contributed by atoms with Crippen molar-refractivity contribution in [3.05, 3.63) is 0 Å². The Balaban J connectivity index is -0.00000116. The molecule has 2 fully saturated rings. The first kappa shape index (κ1) is 42.5. The zero-order valence-electron chi connectivity index (χ0n) is 21.5. The van der Waals surface area contributed by atoms with Crippen molar-refractivity contribution in [2.24, 2.45) is 5.92 Å². The molecule has 0 unspecified atom stereocenters. The van der Waals surface area contributed by atoms with Gasteiger partial charge in [0.05, 0.1) is 17.5 Å². The maximum absolute atomic E-state index is 12.9. The van der Waals surface area contributed by atoms with Crippen molar-refractivity contribution < 1.29 is 133 Å². The van der Waals surface area contributed by atoms with Crippen molar-refractivity contribution in [3.63, 3.8) is 0 Å². The van der Waals surface area contributed by atoms with E-state index >= 15 is 0 Å². The van der Waals surface area contributed by atoms with Crippen LogP contribution in [0.2, 0.25) is 0 Å². The first-order valence-corrected chi connectivity index (χ1v) is 13.5. The summed E-state index contributed by atoms with van der Waals surface area (Å²) in [7, 11) is -3.45. The number of thioether (sulfide) groups is 1. The number of nitrogens with one attached hydrogen (secondary N) is 1. The normalized spacial score (nSPS) is 32.5. The maximum Gasteiger partial charge on any atom is 1.00 e. The zero-order valence-corrected chi connectivity index (χ0v) is 30.0. The van der Waals surface area contributed by atoms with Crippen LogP contribution in [0.25, 0.3) is 0 Å². The molecule has 0 aromatic carbocycles. The Bertz CT molecular complexity index is 648. The second kappa shape index (κ2) is 20.0. The summed E-state index contributed by atoms with van der Waals surface area (Å²) in [6.07, 6.45) is -0.0980. The molecule has 190 valence electrons. The maximum atomic E-state index is 12.9. The van der Waals surface area contributed by atoms with Crippen molar-refractivity contribution in [1.82, 2.24) is 10.2 Å². The molecule has 0 aromatic rings. The number of ether oxygens (including phenoxy) is 1. The number of nitrogens with zero attached hydrogens (tertiary/aromatic N) is 1. The molecule has 35 heavy (non-hydrogen) atoms. The molecule has 0 bridgehead atoms. The standard InChI is InChI=1S/C18H33ClN2O5S.3Na.H3O4P/c1-5-6-10-7-11(21(3)8-10)17(25)20-12(9(2)19)16-14(23)13(22)15(24)18(26-16)27-4;;;;1-5(2,3)4/h9-16,18,22-24H,5-8H2,1-4H3,(H,20,25);;;;(H3,1,2,3,4)/q;3*+1;/p-3/t9-,10+,11-,12+,13-,14+,15+,16+,18+;;;;/m0..../s1. The zero-order chi connectivity index (χ0) is 24.8. The molecule has 0 saturated carbocycles. The molecule has 2 rings (SSSR count). The van der Waals surface area contributed by atoms with E-state index in [1.54, 1.807) is 13.2 Å². The third-order valence-corrected chi connectivity index (χ3v) is 6.76. The largest absolute Gasteiger partial charge is 1.00 e. The van der Waals surface area contributed by atoms with Crippen LogP contribution in [-0.2, 0) is 14.1 Å². The molecule has 4 N–H and O–H groups in total. The molecule has 2 aliphatic heterocycles. The fourth-order valence-corrected chi connectivity index (χ4v) is 5.00. The summed E-state index contributed by atoms with van der Waals surface area (Å²) in [6, 6.07) is -0.934. The number of halogens is 1. The molecular weight excluding hydrogens is 556 g/mol. The number of amides is 1. The predicted molar refractivity (Wildman–Crippen MR) is 114 cm³/mol. The Morgan fingerprint density at radius 2 is 1.71 bits per heavy atom. The van der Waals surface area contributed by atoms with Crippen molar-refractivity contribution in [2.45, 2.75) is 80.4 Å². The van der Waals surface area contributed by atoms with Gasteiger partial charge in [0.15, 0.2) is 0 Å². The Labute approximate surface area is 283 Å². The minimum absolute atomic E-state index is 0. The van der Waals surface area contributed by atoms with Gasteiger partial charge in [-0.05, 0) is 39.0 Å². The smallest absolute Gasteiger partial charge is 0.822 e. The number of alkyl halides is 1. The van der Waals surface area contributed by atoms with Crippen LogP contribution in [0.1, 0.15) is 33.1 Å². The molecule has 2 saturated heterocycles. The average molecular weight is 589 g/mol. The van der Waals surface area contributed by atoms with Gasteiger partial charge in [0.2, 0.25) is 5.91 Å². The number of carbonyl (C=O) groups is 1. The number of carbonyl (C=O) groups excluding carboxylic acids is 1. The number of phosphoric acid groups is 1. The molecule has 0 radical (unpaired) electrons. The van der Waals surface area contributed by atoms with Gasteiger partial charge in [0, 0.05) is 6.54 Å². The minimum Gasteiger partial charge on any atom is -0.822 e. The number of aliphatic hydroxyl groups is 3. The van der Waals surface area contributed by atoms with E-state index in [0.717, 1.165) is 25.8 Å². The summed E-state index contributed by atoms with van der Waals surface area (Å²) in [5.74, 6) is 0.350. The molecule has 0 aromatic heterocycles. The van der Waals surface area contributed by atoms with E-state index < -0.39 is 49.1 Å². The van der Waals surface area contributed by atoms with Crippen molar-refractivity contribution in [2.75, 3.05) is 19.8 Å². The first-order chi connectivity index (χ1) is 14.7. The molecule has 0 aliphatic carbocycles. The second-order valence-corrected chi connectivity index (χ2v) is 10.7. The van der Waals surface area contributed by atoms with E-state index in [0.29, 0.717) is 5.92 Å². The van der Waals surface area contributed by atoms with Gasteiger partial charge >= 0.3 is 88.7 Å². The summed E-state index contributed by atoms with van der Waals surface area (Å²) >= 11 is 7.55. The monoisotopic (exact) mass is 588 g/mol. The van der Waals surface area contributed by atoms with Crippen molar-refractivity contribution in [1.29, 1.82) is 0 Å². The van der Waals surface area contributed by atoms with Gasteiger partial charge in [-0.15, -0.1) is 23.4 Å². The Hall–Kier alpha value is 3.02. The van der Waals surface area contributed by atoms with E-state index in [1.165, 1.54) is 11.8 Å². The van der Waals surface area contributed by atoms with Crippen LogP contribution < -0.4 is 109 Å². The van der Waals surface area contributed by atoms with Crippen LogP contribution in [0, 0.1) is 5.92 Å². The van der Waals surface area contributed by atoms with E-state index in [2.05, 4.69) is 12.2 Å². The summed E-state index contributed by atoms with van der Waals surface area (Å²) in [6.45, 7) is 4.74. The molecule has 0 spiro atoms. The van der Waals surface area contributed by atoms with Crippen LogP contribution in [0.15, 0.2) is 0 Å². The van der Waals surface area contributed by atoms with E-state index in [9.17, 15) is 20.1 Å². The van der Waals surface area contributed by atoms with Crippen LogP contribution >= 0.6 is 31.2 Å². The van der Waals surface area contributed by atoms with Crippen molar-refractivity contribution >= 4 is 37.1 Å². The van der Waals surface area contributed by atoms with E-state index in [1.807, 2.05) is 11.9 Å². The van der Waals surface area contributed by atoms with Gasteiger partial charge in [-0.1, -0.05) is 13.3 Å². The Morgan fingerprint density at radius 1 is 1.20 bits per heavy atom. The first-order valence-electron chi connectivity index (χ1n) is 10.3. The minimum atomic E-state index is -5.39. The summed E-state index contributed by atoms with van der Waals surface area (Å²) in [5, 5.41) is 33.0. The van der Waals surface area contributed by atoms with Crippen LogP contribution in [0.4, 0.5) is 0 Å². The number of hydrogen-bond acceptors (Lipinski definition) is 11. The fraction of sp³-hybridized carbons (Fsp3) is 0.944. The Morgan fingerprint density at radius 3 is 2.14 bits per heavy atom. The van der Waals surface area contributed by atoms with Gasteiger partial charge in [0.1, 0.15) is 29.9 Å². The predicted octanol–water partition coefficient (Wildman–Crippen LogP) is -11.4. The van der Waals surface area contributed by atoms with E-state index in [-0.39, 0.29) is 101 Å². The second-order valence-electron chi connectivity index (χ2n) is 8.18. The summed E-state index contributed by atoms with van der Waals surface area (Å²) in [4.78, 5) is 40.6. The molecule has 2 heterocycles. The Kier molecular flexibility index (Phi) is 24.3. The SMILES string of the molecule is CCC[C@@H]1C[C@@H](C(=O)N[C@@H]([C@H]2O[C@H](SC)[C@H](O)[C@@H](O)[C@H]2O)[C@H](C)Cl)N(C)C1.O=P([O-])([O-])[O-].[Na+].[Na+].[Na+]. The number of rotatable bonds is 7. The third kappa shape index (κ3) is 14.5. The van der Waals surface area contributed by atoms with E-state index in [4.69, 9.17) is 35.6 Å². The van der Waals surface area contributed by atoms with Crippen LogP contribution in [0.3, 0.4) is 0 Å². The molecule has 2 aliphatic rings. The molecular formula is C18H33ClN2Na3O9PS. The topological polar surface area (TPSA) is 189 Å². The number of likely N-dealkylation sites (tertiary alicyclic amines) is 1. The van der Waals surface area contributed by atoms with Crippen LogP contribution in [0.5, 0.6) is 0 Å². The molecule has 11 nitrogen and oxygen atoms in total. The number of likely N-dealkylation sites (N-methyl/N-ethyl adjacent to an activating group) is 1. The average Bonchev–Trinajstić information content (AvgIpc) is 3.04. The van der Waals surface area contributed by atoms with Gasteiger partial charge in [-0.3, -0.25) is 9.69 Å². The van der Waals surface area contributed by atoms with Gasteiger partial charge < -0.3 is 44.6 Å². The van der Waals surface area contributed by atoms with Gasteiger partial charge in [-0.25, -0.2) is 0 Å². The molecule has 1 amide bonds. The summed E-state index contributed by atoms with van der Waals surface area (Å²) < 4.78 is 14.3. The third-order valence-electron chi connectivity index (χ3n) is 5.63. The van der Waals surface area contributed by atoms with Gasteiger partial charge in [-0.2, -0.15) is 7.82 Å². The number of aliphatic hydroxyl groups excluding tert-OH is 3. The van der Waals surface area contributed by atoms with Crippen molar-refractivity contribution in [3.8, 4) is 0 Å². The number of hydrogen-bond donors (Lipinski definition) is 4. The van der Waals surface area contributed by atoms with Gasteiger partial charge in [0.25, 0.3) is 0 Å². The molecule has 17 heteroatoms. The quantitative estimate of drug-likeness (QED) is 0.126. The summed E-state index contributed by atoms with van der Waals surface area (Å²) in [5.41, 5.74) is -0.702. The fourth-order valence-electron chi connectivity index (χ4n) is 4.11. The molecule has 9 atom stereocenters. The van der Waals surface area contributed by atoms with Crippen LogP contribution in [-0.4, -0.2) is 93.3 Å².